The monoisotopic (exact) mass is 424 g/mol. The standard InChI is InChI=1S/C26H24N4O2/c1-3-32-22-15-14-21(25(31)16-22)18-27-30(2)26-28-23(19-10-6-4-7-11-19)17-24(29-26)20-12-8-5-9-13-20/h4-18,31H,3H2,1-2H3/b27-18+. The Bertz CT molecular complexity index is 1150. The lowest BCUT2D eigenvalue weighted by Crippen LogP contribution is -2.13. The number of nitrogens with zero attached hydrogens (tertiary/aromatic N) is 4. The quantitative estimate of drug-likeness (QED) is 0.318. The normalized spacial score (nSPS) is 10.9. The van der Waals surface area contributed by atoms with E-state index in [2.05, 4.69) is 5.10 Å². The molecule has 0 fully saturated rings. The van der Waals surface area contributed by atoms with Crippen molar-refractivity contribution in [2.45, 2.75) is 6.92 Å². The van der Waals surface area contributed by atoms with E-state index in [0.29, 0.717) is 23.9 Å². The summed E-state index contributed by atoms with van der Waals surface area (Å²) in [7, 11) is 1.78. The van der Waals surface area contributed by atoms with E-state index < -0.39 is 0 Å². The Morgan fingerprint density at radius 3 is 2.00 bits per heavy atom. The molecule has 4 aromatic rings. The zero-order valence-corrected chi connectivity index (χ0v) is 18.0. The van der Waals surface area contributed by atoms with Gasteiger partial charge in [0, 0.05) is 29.8 Å². The lowest BCUT2D eigenvalue weighted by Gasteiger charge is -2.14. The number of benzene rings is 3. The van der Waals surface area contributed by atoms with Gasteiger partial charge in [0.05, 0.1) is 24.2 Å². The smallest absolute Gasteiger partial charge is 0.247 e. The first kappa shape index (κ1) is 21.1. The van der Waals surface area contributed by atoms with Gasteiger partial charge in [-0.05, 0) is 25.1 Å². The maximum atomic E-state index is 10.3. The number of aromatic nitrogens is 2. The van der Waals surface area contributed by atoms with Gasteiger partial charge < -0.3 is 9.84 Å². The van der Waals surface area contributed by atoms with Crippen LogP contribution in [0.3, 0.4) is 0 Å². The van der Waals surface area contributed by atoms with Crippen molar-refractivity contribution in [1.29, 1.82) is 0 Å². The first-order chi connectivity index (χ1) is 15.6. The van der Waals surface area contributed by atoms with Gasteiger partial charge in [-0.3, -0.25) is 0 Å². The van der Waals surface area contributed by atoms with Crippen molar-refractivity contribution in [2.24, 2.45) is 5.10 Å². The zero-order chi connectivity index (χ0) is 22.3. The molecule has 0 spiro atoms. The van der Waals surface area contributed by atoms with Crippen molar-refractivity contribution in [3.8, 4) is 34.0 Å². The molecule has 1 heterocycles. The molecule has 0 saturated heterocycles. The summed E-state index contributed by atoms with van der Waals surface area (Å²) in [5.74, 6) is 1.16. The van der Waals surface area contributed by atoms with Crippen molar-refractivity contribution in [3.05, 3.63) is 90.5 Å². The number of rotatable bonds is 7. The predicted octanol–water partition coefficient (Wildman–Crippen LogP) is 5.39. The molecule has 0 saturated carbocycles. The summed E-state index contributed by atoms with van der Waals surface area (Å²) in [6, 6.07) is 27.0. The van der Waals surface area contributed by atoms with Crippen LogP contribution in [0.15, 0.2) is 90.0 Å². The molecule has 160 valence electrons. The third-order valence-electron chi connectivity index (χ3n) is 4.83. The Labute approximate surface area is 187 Å². The second-order valence-corrected chi connectivity index (χ2v) is 7.09. The van der Waals surface area contributed by atoms with Gasteiger partial charge in [0.25, 0.3) is 0 Å². The van der Waals surface area contributed by atoms with E-state index >= 15 is 0 Å². The Kier molecular flexibility index (Phi) is 6.41. The second-order valence-electron chi connectivity index (χ2n) is 7.09. The highest BCUT2D eigenvalue weighted by Gasteiger charge is 2.11. The average molecular weight is 425 g/mol. The Balaban J connectivity index is 1.68. The summed E-state index contributed by atoms with van der Waals surface area (Å²) in [4.78, 5) is 9.44. The van der Waals surface area contributed by atoms with Crippen molar-refractivity contribution >= 4 is 12.2 Å². The van der Waals surface area contributed by atoms with E-state index in [0.717, 1.165) is 22.5 Å². The van der Waals surface area contributed by atoms with Crippen molar-refractivity contribution in [3.63, 3.8) is 0 Å². The molecule has 0 unspecified atom stereocenters. The largest absolute Gasteiger partial charge is 0.507 e. The number of phenols is 1. The van der Waals surface area contributed by atoms with Crippen LogP contribution in [-0.4, -0.2) is 34.9 Å². The van der Waals surface area contributed by atoms with Crippen LogP contribution in [0.1, 0.15) is 12.5 Å². The van der Waals surface area contributed by atoms with Gasteiger partial charge in [0.2, 0.25) is 5.95 Å². The molecule has 32 heavy (non-hydrogen) atoms. The number of aromatic hydroxyl groups is 1. The molecule has 0 radical (unpaired) electrons. The SMILES string of the molecule is CCOc1ccc(/C=N/N(C)c2nc(-c3ccccc3)cc(-c3ccccc3)n2)c(O)c1. The summed E-state index contributed by atoms with van der Waals surface area (Å²) >= 11 is 0. The van der Waals surface area contributed by atoms with Crippen LogP contribution in [0, 0.1) is 0 Å². The van der Waals surface area contributed by atoms with E-state index in [9.17, 15) is 5.11 Å². The molecular formula is C26H24N4O2. The van der Waals surface area contributed by atoms with Crippen LogP contribution in [0.25, 0.3) is 22.5 Å². The van der Waals surface area contributed by atoms with E-state index in [4.69, 9.17) is 14.7 Å². The fourth-order valence-corrected chi connectivity index (χ4v) is 3.18. The first-order valence-corrected chi connectivity index (χ1v) is 10.4. The lowest BCUT2D eigenvalue weighted by molar-refractivity contribution is 0.337. The van der Waals surface area contributed by atoms with E-state index in [1.165, 1.54) is 0 Å². The number of phenolic OH excluding ortho intramolecular Hbond substituents is 1. The fraction of sp³-hybridized carbons (Fsp3) is 0.115. The van der Waals surface area contributed by atoms with Gasteiger partial charge >= 0.3 is 0 Å². The van der Waals surface area contributed by atoms with E-state index in [-0.39, 0.29) is 5.75 Å². The van der Waals surface area contributed by atoms with Crippen LogP contribution in [-0.2, 0) is 0 Å². The van der Waals surface area contributed by atoms with Gasteiger partial charge in [-0.15, -0.1) is 0 Å². The summed E-state index contributed by atoms with van der Waals surface area (Å²) in [6.45, 7) is 2.43. The van der Waals surface area contributed by atoms with Gasteiger partial charge in [0.1, 0.15) is 11.5 Å². The van der Waals surface area contributed by atoms with E-state index in [1.807, 2.05) is 73.7 Å². The molecule has 0 aliphatic heterocycles. The minimum atomic E-state index is 0.0945. The fourth-order valence-electron chi connectivity index (χ4n) is 3.18. The van der Waals surface area contributed by atoms with Crippen molar-refractivity contribution in [2.75, 3.05) is 18.7 Å². The number of hydrazone groups is 1. The summed E-state index contributed by atoms with van der Waals surface area (Å²) < 4.78 is 5.41. The summed E-state index contributed by atoms with van der Waals surface area (Å²) in [6.07, 6.45) is 1.58. The molecule has 0 amide bonds. The third-order valence-corrected chi connectivity index (χ3v) is 4.83. The minimum Gasteiger partial charge on any atom is -0.507 e. The molecule has 1 aromatic heterocycles. The molecule has 0 aliphatic carbocycles. The molecule has 0 bridgehead atoms. The van der Waals surface area contributed by atoms with Crippen LogP contribution in [0.2, 0.25) is 0 Å². The highest BCUT2D eigenvalue weighted by Crippen LogP contribution is 2.26. The molecule has 0 atom stereocenters. The first-order valence-electron chi connectivity index (χ1n) is 10.4. The topological polar surface area (TPSA) is 70.8 Å². The van der Waals surface area contributed by atoms with Crippen LogP contribution >= 0.6 is 0 Å². The highest BCUT2D eigenvalue weighted by molar-refractivity contribution is 5.84. The van der Waals surface area contributed by atoms with Crippen LogP contribution < -0.4 is 9.75 Å². The third kappa shape index (κ3) is 4.92. The van der Waals surface area contributed by atoms with Gasteiger partial charge in [0.15, 0.2) is 0 Å². The number of hydrogen-bond acceptors (Lipinski definition) is 6. The van der Waals surface area contributed by atoms with Gasteiger partial charge in [-0.2, -0.15) is 5.10 Å². The van der Waals surface area contributed by atoms with E-state index in [1.54, 1.807) is 36.5 Å². The zero-order valence-electron chi connectivity index (χ0n) is 18.0. The molecule has 1 N–H and O–H groups in total. The Hall–Kier alpha value is -4.19. The number of anilines is 1. The number of hydrogen-bond donors (Lipinski definition) is 1. The van der Waals surface area contributed by atoms with Gasteiger partial charge in [-0.1, -0.05) is 60.7 Å². The molecule has 4 rings (SSSR count). The molecular weight excluding hydrogens is 400 g/mol. The summed E-state index contributed by atoms with van der Waals surface area (Å²) in [5.41, 5.74) is 4.17. The Morgan fingerprint density at radius 2 is 1.47 bits per heavy atom. The molecule has 0 aliphatic rings. The highest BCUT2D eigenvalue weighted by atomic mass is 16.5. The van der Waals surface area contributed by atoms with Crippen LogP contribution in [0.4, 0.5) is 5.95 Å². The predicted molar refractivity (Wildman–Crippen MR) is 128 cm³/mol. The maximum absolute atomic E-state index is 10.3. The van der Waals surface area contributed by atoms with Crippen molar-refractivity contribution < 1.29 is 9.84 Å². The van der Waals surface area contributed by atoms with Gasteiger partial charge in [-0.25, -0.2) is 15.0 Å². The molecule has 3 aromatic carbocycles. The number of ether oxygens (including phenoxy) is 1. The lowest BCUT2D eigenvalue weighted by atomic mass is 10.1. The van der Waals surface area contributed by atoms with Crippen LogP contribution in [0.5, 0.6) is 11.5 Å². The second kappa shape index (κ2) is 9.75. The minimum absolute atomic E-state index is 0.0945. The maximum Gasteiger partial charge on any atom is 0.247 e. The Morgan fingerprint density at radius 1 is 0.875 bits per heavy atom. The molecule has 6 heteroatoms. The van der Waals surface area contributed by atoms with Crippen molar-refractivity contribution in [1.82, 2.24) is 9.97 Å². The average Bonchev–Trinajstić information content (AvgIpc) is 2.84. The summed E-state index contributed by atoms with van der Waals surface area (Å²) in [5, 5.41) is 16.3. The molecule has 6 nitrogen and oxygen atoms in total.